The molecule has 1 unspecified atom stereocenters. The summed E-state index contributed by atoms with van der Waals surface area (Å²) in [7, 11) is 0. The highest BCUT2D eigenvalue weighted by molar-refractivity contribution is 9.09. The first-order valence-corrected chi connectivity index (χ1v) is 6.03. The van der Waals surface area contributed by atoms with Crippen molar-refractivity contribution < 1.29 is 4.39 Å². The highest BCUT2D eigenvalue weighted by atomic mass is 79.9. The first-order chi connectivity index (χ1) is 6.74. The summed E-state index contributed by atoms with van der Waals surface area (Å²) in [6.07, 6.45) is 4.29. The van der Waals surface area contributed by atoms with Crippen LogP contribution in [0.3, 0.4) is 0 Å². The molecule has 0 saturated heterocycles. The number of alkyl halides is 1. The van der Waals surface area contributed by atoms with Crippen molar-refractivity contribution in [2.24, 2.45) is 0 Å². The van der Waals surface area contributed by atoms with Gasteiger partial charge in [0.1, 0.15) is 5.82 Å². The van der Waals surface area contributed by atoms with Crippen LogP contribution < -0.4 is 0 Å². The van der Waals surface area contributed by atoms with Gasteiger partial charge in [-0.15, -0.1) is 0 Å². The Morgan fingerprint density at radius 2 is 2.07 bits per heavy atom. The third-order valence-corrected chi connectivity index (χ3v) is 3.05. The van der Waals surface area contributed by atoms with E-state index in [1.54, 1.807) is 6.07 Å². The van der Waals surface area contributed by atoms with Gasteiger partial charge in [-0.2, -0.15) is 0 Å². The Morgan fingerprint density at radius 1 is 1.36 bits per heavy atom. The summed E-state index contributed by atoms with van der Waals surface area (Å²) in [5, 5.41) is 0. The molecule has 1 aromatic carbocycles. The maximum Gasteiger partial charge on any atom is 0.126 e. The van der Waals surface area contributed by atoms with Gasteiger partial charge in [0.15, 0.2) is 0 Å². The molecule has 0 N–H and O–H groups in total. The number of rotatable bonds is 5. The van der Waals surface area contributed by atoms with E-state index < -0.39 is 0 Å². The van der Waals surface area contributed by atoms with Gasteiger partial charge in [-0.05, 0) is 24.5 Å². The van der Waals surface area contributed by atoms with Gasteiger partial charge < -0.3 is 0 Å². The van der Waals surface area contributed by atoms with Crippen molar-refractivity contribution in [1.82, 2.24) is 0 Å². The van der Waals surface area contributed by atoms with Crippen LogP contribution in [0.25, 0.3) is 0 Å². The zero-order chi connectivity index (χ0) is 10.4. The number of unbranched alkanes of at least 4 members (excludes halogenated alkanes) is 1. The molecule has 0 bridgehead atoms. The first kappa shape index (κ1) is 11.7. The van der Waals surface area contributed by atoms with Crippen molar-refractivity contribution in [1.29, 1.82) is 0 Å². The van der Waals surface area contributed by atoms with Crippen LogP contribution in [0.2, 0.25) is 0 Å². The van der Waals surface area contributed by atoms with Crippen molar-refractivity contribution in [3.8, 4) is 0 Å². The molecule has 1 rings (SSSR count). The van der Waals surface area contributed by atoms with E-state index in [0.717, 1.165) is 18.4 Å². The van der Waals surface area contributed by atoms with Crippen LogP contribution in [0.4, 0.5) is 4.39 Å². The van der Waals surface area contributed by atoms with Gasteiger partial charge in [0.05, 0.1) is 0 Å². The Labute approximate surface area is 93.7 Å². The number of benzene rings is 1. The summed E-state index contributed by atoms with van der Waals surface area (Å²) in [6.45, 7) is 2.17. The van der Waals surface area contributed by atoms with Crippen LogP contribution in [0, 0.1) is 5.82 Å². The fourth-order valence-corrected chi connectivity index (χ4v) is 2.10. The quantitative estimate of drug-likeness (QED) is 0.691. The second kappa shape index (κ2) is 6.18. The summed E-state index contributed by atoms with van der Waals surface area (Å²) < 4.78 is 13.3. The van der Waals surface area contributed by atoms with Crippen molar-refractivity contribution in [3.05, 3.63) is 35.6 Å². The molecule has 1 atom stereocenters. The number of hydrogen-bond donors (Lipinski definition) is 0. The Bertz CT molecular complexity index is 273. The molecule has 0 aliphatic heterocycles. The number of halogens is 2. The molecule has 0 aliphatic rings. The highest BCUT2D eigenvalue weighted by Crippen LogP contribution is 2.17. The van der Waals surface area contributed by atoms with E-state index >= 15 is 0 Å². The Morgan fingerprint density at radius 3 is 2.71 bits per heavy atom. The normalized spacial score (nSPS) is 12.8. The lowest BCUT2D eigenvalue weighted by Gasteiger charge is -2.09. The van der Waals surface area contributed by atoms with Crippen LogP contribution >= 0.6 is 15.9 Å². The van der Waals surface area contributed by atoms with E-state index in [2.05, 4.69) is 22.9 Å². The molecule has 2 heteroatoms. The Balaban J connectivity index is 2.47. The molecule has 0 heterocycles. The third kappa shape index (κ3) is 3.79. The molecular formula is C12H16BrF. The minimum Gasteiger partial charge on any atom is -0.207 e. The first-order valence-electron chi connectivity index (χ1n) is 5.11. The van der Waals surface area contributed by atoms with Crippen molar-refractivity contribution in [2.75, 3.05) is 0 Å². The smallest absolute Gasteiger partial charge is 0.126 e. The maximum atomic E-state index is 13.3. The summed E-state index contributed by atoms with van der Waals surface area (Å²) in [6, 6.07) is 7.00. The predicted molar refractivity (Wildman–Crippen MR) is 62.3 cm³/mol. The largest absolute Gasteiger partial charge is 0.207 e. The van der Waals surface area contributed by atoms with Crippen LogP contribution in [0.15, 0.2) is 24.3 Å². The van der Waals surface area contributed by atoms with Gasteiger partial charge in [0.25, 0.3) is 0 Å². The lowest BCUT2D eigenvalue weighted by molar-refractivity contribution is 0.599. The predicted octanol–water partition coefficient (Wildman–Crippen LogP) is 4.32. The second-order valence-corrected chi connectivity index (χ2v) is 4.83. The van der Waals surface area contributed by atoms with E-state index in [0.29, 0.717) is 4.83 Å². The molecule has 78 valence electrons. The Kier molecular flexibility index (Phi) is 5.16. The molecule has 0 aliphatic carbocycles. The molecular weight excluding hydrogens is 243 g/mol. The standard InChI is InChI=1S/C12H16BrF/c1-2-3-7-11(13)9-10-6-4-5-8-12(10)14/h4-6,8,11H,2-3,7,9H2,1H3. The molecule has 14 heavy (non-hydrogen) atoms. The lowest BCUT2D eigenvalue weighted by Crippen LogP contribution is -2.04. The topological polar surface area (TPSA) is 0 Å². The van der Waals surface area contributed by atoms with E-state index in [1.165, 1.54) is 18.9 Å². The monoisotopic (exact) mass is 258 g/mol. The number of hydrogen-bond acceptors (Lipinski definition) is 0. The van der Waals surface area contributed by atoms with Gasteiger partial charge in [-0.3, -0.25) is 0 Å². The average Bonchev–Trinajstić information content (AvgIpc) is 2.18. The molecule has 0 nitrogen and oxygen atoms in total. The molecule has 0 fully saturated rings. The third-order valence-electron chi connectivity index (χ3n) is 2.27. The minimum absolute atomic E-state index is 0.0894. The van der Waals surface area contributed by atoms with Crippen molar-refractivity contribution >= 4 is 15.9 Å². The fraction of sp³-hybridized carbons (Fsp3) is 0.500. The van der Waals surface area contributed by atoms with Crippen LogP contribution in [-0.2, 0) is 6.42 Å². The van der Waals surface area contributed by atoms with E-state index in [9.17, 15) is 4.39 Å². The summed E-state index contributed by atoms with van der Waals surface area (Å²) in [5.74, 6) is -0.0894. The molecule has 0 aromatic heterocycles. The van der Waals surface area contributed by atoms with Crippen molar-refractivity contribution in [2.45, 2.75) is 37.4 Å². The molecule has 1 aromatic rings. The van der Waals surface area contributed by atoms with Crippen LogP contribution in [0.5, 0.6) is 0 Å². The van der Waals surface area contributed by atoms with Gasteiger partial charge in [0, 0.05) is 4.83 Å². The van der Waals surface area contributed by atoms with Crippen molar-refractivity contribution in [3.63, 3.8) is 0 Å². The summed E-state index contributed by atoms with van der Waals surface area (Å²) in [4.78, 5) is 0.402. The molecule has 0 spiro atoms. The highest BCUT2D eigenvalue weighted by Gasteiger charge is 2.07. The van der Waals surface area contributed by atoms with Gasteiger partial charge >= 0.3 is 0 Å². The van der Waals surface area contributed by atoms with Gasteiger partial charge in [0.2, 0.25) is 0 Å². The van der Waals surface area contributed by atoms with Crippen LogP contribution in [0.1, 0.15) is 31.7 Å². The zero-order valence-electron chi connectivity index (χ0n) is 8.47. The maximum absolute atomic E-state index is 13.3. The second-order valence-electron chi connectivity index (χ2n) is 3.54. The van der Waals surface area contributed by atoms with Gasteiger partial charge in [-0.25, -0.2) is 4.39 Å². The van der Waals surface area contributed by atoms with E-state index in [-0.39, 0.29) is 5.82 Å². The Hall–Kier alpha value is -0.370. The van der Waals surface area contributed by atoms with Gasteiger partial charge in [-0.1, -0.05) is 53.9 Å². The fourth-order valence-electron chi connectivity index (χ4n) is 1.43. The lowest BCUT2D eigenvalue weighted by atomic mass is 10.1. The SMILES string of the molecule is CCCCC(Br)Cc1ccccc1F. The summed E-state index contributed by atoms with van der Waals surface area (Å²) >= 11 is 3.58. The summed E-state index contributed by atoms with van der Waals surface area (Å²) in [5.41, 5.74) is 0.811. The zero-order valence-corrected chi connectivity index (χ0v) is 10.1. The molecule has 0 amide bonds. The minimum atomic E-state index is -0.0894. The molecule has 0 radical (unpaired) electrons. The molecule has 0 saturated carbocycles. The van der Waals surface area contributed by atoms with E-state index in [4.69, 9.17) is 0 Å². The van der Waals surface area contributed by atoms with Crippen LogP contribution in [-0.4, -0.2) is 4.83 Å². The van der Waals surface area contributed by atoms with E-state index in [1.807, 2.05) is 12.1 Å². The average molecular weight is 259 g/mol.